The standard InChI is InChI=1S/C15H26N2O3S/c1-16-12-14-7-6-8-15(11-14)13-21(18,19)17-9-4-3-5-10-20-2/h6-8,11,16-17H,3-5,9-10,12-13H2,1-2H3. The van der Waals surface area contributed by atoms with Crippen molar-refractivity contribution in [3.8, 4) is 0 Å². The predicted octanol–water partition coefficient (Wildman–Crippen LogP) is 1.64. The van der Waals surface area contributed by atoms with E-state index in [1.54, 1.807) is 7.11 Å². The van der Waals surface area contributed by atoms with E-state index in [9.17, 15) is 8.42 Å². The van der Waals surface area contributed by atoms with Crippen molar-refractivity contribution in [3.63, 3.8) is 0 Å². The first kappa shape index (κ1) is 18.1. The van der Waals surface area contributed by atoms with E-state index in [-0.39, 0.29) is 5.75 Å². The van der Waals surface area contributed by atoms with Gasteiger partial charge in [-0.3, -0.25) is 0 Å². The second-order valence-electron chi connectivity index (χ2n) is 5.06. The average Bonchev–Trinajstić information content (AvgIpc) is 2.43. The van der Waals surface area contributed by atoms with Gasteiger partial charge >= 0.3 is 0 Å². The smallest absolute Gasteiger partial charge is 0.215 e. The van der Waals surface area contributed by atoms with Crippen molar-refractivity contribution in [1.82, 2.24) is 10.0 Å². The lowest BCUT2D eigenvalue weighted by Gasteiger charge is -2.08. The Kier molecular flexibility index (Phi) is 8.52. The number of benzene rings is 1. The molecule has 0 saturated carbocycles. The molecule has 2 N–H and O–H groups in total. The van der Waals surface area contributed by atoms with Gasteiger partial charge in [0.2, 0.25) is 10.0 Å². The van der Waals surface area contributed by atoms with E-state index < -0.39 is 10.0 Å². The van der Waals surface area contributed by atoms with Crippen molar-refractivity contribution < 1.29 is 13.2 Å². The molecule has 0 unspecified atom stereocenters. The summed E-state index contributed by atoms with van der Waals surface area (Å²) in [6.07, 6.45) is 2.76. The Balaban J connectivity index is 2.39. The zero-order valence-corrected chi connectivity index (χ0v) is 13.7. The summed E-state index contributed by atoms with van der Waals surface area (Å²) in [4.78, 5) is 0. The van der Waals surface area contributed by atoms with Gasteiger partial charge in [-0.05, 0) is 37.4 Å². The van der Waals surface area contributed by atoms with E-state index >= 15 is 0 Å². The van der Waals surface area contributed by atoms with Crippen LogP contribution in [0.5, 0.6) is 0 Å². The molecular weight excluding hydrogens is 288 g/mol. The molecular formula is C15H26N2O3S. The molecule has 0 aliphatic carbocycles. The fourth-order valence-electron chi connectivity index (χ4n) is 2.08. The number of sulfonamides is 1. The number of hydrogen-bond donors (Lipinski definition) is 2. The van der Waals surface area contributed by atoms with Crippen LogP contribution in [-0.2, 0) is 27.1 Å². The predicted molar refractivity (Wildman–Crippen MR) is 85.6 cm³/mol. The maximum atomic E-state index is 12.0. The summed E-state index contributed by atoms with van der Waals surface area (Å²) in [5, 5.41) is 3.06. The molecule has 120 valence electrons. The molecule has 1 aromatic rings. The lowest BCUT2D eigenvalue weighted by atomic mass is 10.1. The van der Waals surface area contributed by atoms with E-state index in [1.807, 2.05) is 31.3 Å². The SMILES string of the molecule is CNCc1cccc(CS(=O)(=O)NCCCCCOC)c1. The van der Waals surface area contributed by atoms with Gasteiger partial charge in [-0.1, -0.05) is 24.3 Å². The zero-order valence-electron chi connectivity index (χ0n) is 12.9. The number of ether oxygens (including phenoxy) is 1. The van der Waals surface area contributed by atoms with E-state index in [4.69, 9.17) is 4.74 Å². The molecule has 21 heavy (non-hydrogen) atoms. The summed E-state index contributed by atoms with van der Waals surface area (Å²) in [5.74, 6) is 0.0304. The monoisotopic (exact) mass is 314 g/mol. The molecule has 0 spiro atoms. The minimum absolute atomic E-state index is 0.0304. The van der Waals surface area contributed by atoms with Gasteiger partial charge in [-0.2, -0.15) is 0 Å². The Morgan fingerprint density at radius 1 is 1.14 bits per heavy atom. The molecule has 0 heterocycles. The number of hydrogen-bond acceptors (Lipinski definition) is 4. The third kappa shape index (κ3) is 8.16. The van der Waals surface area contributed by atoms with Gasteiger partial charge < -0.3 is 10.1 Å². The zero-order chi connectivity index (χ0) is 15.6. The number of rotatable bonds is 11. The Hall–Kier alpha value is -0.950. The first-order valence-corrected chi connectivity index (χ1v) is 8.91. The van der Waals surface area contributed by atoms with Crippen LogP contribution in [0, 0.1) is 0 Å². The molecule has 6 heteroatoms. The Morgan fingerprint density at radius 2 is 1.90 bits per heavy atom. The van der Waals surface area contributed by atoms with Crippen LogP contribution in [0.2, 0.25) is 0 Å². The fourth-order valence-corrected chi connectivity index (χ4v) is 3.26. The Bertz CT molecular complexity index is 503. The van der Waals surface area contributed by atoms with Crippen LogP contribution >= 0.6 is 0 Å². The summed E-state index contributed by atoms with van der Waals surface area (Å²) in [7, 11) is 0.280. The van der Waals surface area contributed by atoms with Gasteiger partial charge in [-0.15, -0.1) is 0 Å². The largest absolute Gasteiger partial charge is 0.385 e. The molecule has 0 atom stereocenters. The van der Waals surface area contributed by atoms with Crippen LogP contribution < -0.4 is 10.0 Å². The third-order valence-corrected chi connectivity index (χ3v) is 4.43. The minimum atomic E-state index is -3.26. The highest BCUT2D eigenvalue weighted by Gasteiger charge is 2.11. The summed E-state index contributed by atoms with van der Waals surface area (Å²) >= 11 is 0. The second-order valence-corrected chi connectivity index (χ2v) is 6.86. The van der Waals surface area contributed by atoms with Gasteiger partial charge in [0.05, 0.1) is 5.75 Å². The van der Waals surface area contributed by atoms with Gasteiger partial charge in [-0.25, -0.2) is 13.1 Å². The van der Waals surface area contributed by atoms with E-state index in [0.717, 1.165) is 43.5 Å². The van der Waals surface area contributed by atoms with Crippen LogP contribution in [0.15, 0.2) is 24.3 Å². The van der Waals surface area contributed by atoms with Crippen molar-refractivity contribution in [2.45, 2.75) is 31.6 Å². The van der Waals surface area contributed by atoms with E-state index in [1.165, 1.54) is 0 Å². The van der Waals surface area contributed by atoms with Gasteiger partial charge in [0.25, 0.3) is 0 Å². The molecule has 0 aliphatic rings. The number of methoxy groups -OCH3 is 1. The van der Waals surface area contributed by atoms with Crippen molar-refractivity contribution in [2.24, 2.45) is 0 Å². The Labute approximate surface area is 128 Å². The molecule has 0 aliphatic heterocycles. The molecule has 1 rings (SSSR count). The number of nitrogens with one attached hydrogen (secondary N) is 2. The van der Waals surface area contributed by atoms with Crippen LogP contribution in [-0.4, -0.2) is 35.7 Å². The average molecular weight is 314 g/mol. The van der Waals surface area contributed by atoms with Crippen molar-refractivity contribution in [3.05, 3.63) is 35.4 Å². The summed E-state index contributed by atoms with van der Waals surface area (Å²) in [6, 6.07) is 7.64. The molecule has 5 nitrogen and oxygen atoms in total. The first-order valence-electron chi connectivity index (χ1n) is 7.26. The molecule has 0 radical (unpaired) electrons. The molecule has 0 aromatic heterocycles. The van der Waals surface area contributed by atoms with Crippen molar-refractivity contribution >= 4 is 10.0 Å². The molecule has 0 saturated heterocycles. The van der Waals surface area contributed by atoms with E-state index in [2.05, 4.69) is 10.0 Å². The highest BCUT2D eigenvalue weighted by atomic mass is 32.2. The lowest BCUT2D eigenvalue weighted by molar-refractivity contribution is 0.192. The summed E-state index contributed by atoms with van der Waals surface area (Å²) in [5.41, 5.74) is 1.90. The Morgan fingerprint density at radius 3 is 2.62 bits per heavy atom. The molecule has 0 bridgehead atoms. The van der Waals surface area contributed by atoms with Crippen LogP contribution in [0.1, 0.15) is 30.4 Å². The third-order valence-electron chi connectivity index (χ3n) is 3.08. The summed E-state index contributed by atoms with van der Waals surface area (Å²) < 4.78 is 31.6. The van der Waals surface area contributed by atoms with Crippen LogP contribution in [0.3, 0.4) is 0 Å². The summed E-state index contributed by atoms with van der Waals surface area (Å²) in [6.45, 7) is 1.95. The normalized spacial score (nSPS) is 11.7. The van der Waals surface area contributed by atoms with E-state index in [0.29, 0.717) is 6.54 Å². The van der Waals surface area contributed by atoms with Gasteiger partial charge in [0, 0.05) is 26.8 Å². The quantitative estimate of drug-likeness (QED) is 0.609. The number of unbranched alkanes of at least 4 members (excludes halogenated alkanes) is 2. The fraction of sp³-hybridized carbons (Fsp3) is 0.600. The molecule has 0 amide bonds. The molecule has 1 aromatic carbocycles. The maximum absolute atomic E-state index is 12.0. The maximum Gasteiger partial charge on any atom is 0.215 e. The topological polar surface area (TPSA) is 67.4 Å². The van der Waals surface area contributed by atoms with Crippen LogP contribution in [0.4, 0.5) is 0 Å². The van der Waals surface area contributed by atoms with Gasteiger partial charge in [0.15, 0.2) is 0 Å². The first-order chi connectivity index (χ1) is 10.1. The second kappa shape index (κ2) is 9.89. The molecule has 0 fully saturated rings. The van der Waals surface area contributed by atoms with Crippen LogP contribution in [0.25, 0.3) is 0 Å². The van der Waals surface area contributed by atoms with Gasteiger partial charge in [0.1, 0.15) is 0 Å². The highest BCUT2D eigenvalue weighted by Crippen LogP contribution is 2.09. The lowest BCUT2D eigenvalue weighted by Crippen LogP contribution is -2.26. The van der Waals surface area contributed by atoms with Crippen molar-refractivity contribution in [1.29, 1.82) is 0 Å². The van der Waals surface area contributed by atoms with Crippen molar-refractivity contribution in [2.75, 3.05) is 27.3 Å². The minimum Gasteiger partial charge on any atom is -0.385 e. The highest BCUT2D eigenvalue weighted by molar-refractivity contribution is 7.88.